The molecule has 4 rings (SSSR count). The van der Waals surface area contributed by atoms with Crippen molar-refractivity contribution in [2.75, 3.05) is 13.2 Å². The first-order valence-corrected chi connectivity index (χ1v) is 11.6. The molecule has 1 aliphatic rings. The average molecular weight is 587 g/mol. The highest BCUT2D eigenvalue weighted by Gasteiger charge is 2.64. The molecule has 218 valence electrons. The third-order valence-electron chi connectivity index (χ3n) is 6.59. The number of carbonyl (C=O) groups excluding carboxylic acids is 2. The van der Waals surface area contributed by atoms with Crippen LogP contribution in [0.2, 0.25) is 0 Å². The number of fused-ring (bicyclic) bond motifs is 1. The number of aliphatic hydroxyl groups excluding tert-OH is 1. The van der Waals surface area contributed by atoms with Gasteiger partial charge in [0.1, 0.15) is 24.7 Å². The van der Waals surface area contributed by atoms with Gasteiger partial charge in [0, 0.05) is 23.1 Å². The van der Waals surface area contributed by atoms with Crippen LogP contribution in [0.3, 0.4) is 0 Å². The Balaban J connectivity index is 2.06. The van der Waals surface area contributed by atoms with Crippen LogP contribution in [0.5, 0.6) is 5.75 Å². The Morgan fingerprint density at radius 2 is 1.68 bits per heavy atom. The lowest BCUT2D eigenvalue weighted by Crippen LogP contribution is -2.58. The maximum atomic E-state index is 14.6. The molecule has 2 amide bonds. The van der Waals surface area contributed by atoms with Gasteiger partial charge in [-0.1, -0.05) is 18.2 Å². The molecule has 0 aliphatic carbocycles. The monoisotopic (exact) mass is 587 g/mol. The number of nitrogens with one attached hydrogen (secondary N) is 1. The number of carbonyl (C=O) groups is 2. The number of primary amides is 1. The van der Waals surface area contributed by atoms with E-state index < -0.39 is 94.6 Å². The lowest BCUT2D eigenvalue weighted by Gasteiger charge is -2.34. The van der Waals surface area contributed by atoms with Gasteiger partial charge in [0.05, 0.1) is 5.69 Å². The fraction of sp³-hybridized carbons (Fsp3) is 0.269. The van der Waals surface area contributed by atoms with Crippen molar-refractivity contribution < 1.29 is 55.3 Å². The maximum Gasteiger partial charge on any atom is 0.423 e. The van der Waals surface area contributed by atoms with E-state index in [4.69, 9.17) is 15.6 Å². The molecular formula is C26H20F7N3O5. The standard InChI is InChI=1S/C26H20F7N3O5/c27-15-7-5-13(6-8-15)20-21-17(23(12-41-21,25(28,29)30)36-19(38)11-37)9-18(35-20)24(40,26(31,32)33)10-14-3-1-2-4-16(14)22(34)39/h1-9,37,40H,10-12H2,(H2,34,39)(H,36,38)/t23-,24-/m0/s1. The normalized spacial score (nSPS) is 18.3. The van der Waals surface area contributed by atoms with Crippen molar-refractivity contribution in [3.63, 3.8) is 0 Å². The number of nitrogens with two attached hydrogens (primary N) is 1. The van der Waals surface area contributed by atoms with Gasteiger partial charge in [-0.2, -0.15) is 26.3 Å². The molecule has 0 unspecified atom stereocenters. The van der Waals surface area contributed by atoms with Crippen LogP contribution < -0.4 is 15.8 Å². The quantitative estimate of drug-likeness (QED) is 0.314. The first kappa shape index (κ1) is 29.7. The molecule has 5 N–H and O–H groups in total. The maximum absolute atomic E-state index is 14.6. The van der Waals surface area contributed by atoms with Crippen molar-refractivity contribution in [2.45, 2.75) is 29.9 Å². The Morgan fingerprint density at radius 3 is 2.24 bits per heavy atom. The van der Waals surface area contributed by atoms with Crippen molar-refractivity contribution in [3.05, 3.63) is 82.8 Å². The van der Waals surface area contributed by atoms with Gasteiger partial charge in [0.25, 0.3) is 0 Å². The molecular weight excluding hydrogens is 567 g/mol. The summed E-state index contributed by atoms with van der Waals surface area (Å²) in [6.45, 7) is -2.75. The largest absolute Gasteiger partial charge is 0.488 e. The number of ether oxygens (including phenoxy) is 1. The molecule has 0 fully saturated rings. The predicted octanol–water partition coefficient (Wildman–Crippen LogP) is 3.24. The number of halogens is 7. The number of benzene rings is 2. The molecule has 2 aromatic carbocycles. The third-order valence-corrected chi connectivity index (χ3v) is 6.59. The van der Waals surface area contributed by atoms with Crippen LogP contribution in [0.1, 0.15) is 27.2 Å². The highest BCUT2D eigenvalue weighted by atomic mass is 19.4. The number of alkyl halides is 6. The van der Waals surface area contributed by atoms with Gasteiger partial charge in [-0.05, 0) is 42.0 Å². The molecule has 2 atom stereocenters. The van der Waals surface area contributed by atoms with Crippen LogP contribution in [0.15, 0.2) is 54.6 Å². The van der Waals surface area contributed by atoms with E-state index >= 15 is 0 Å². The summed E-state index contributed by atoms with van der Waals surface area (Å²) in [6.07, 6.45) is -12.4. The summed E-state index contributed by atoms with van der Waals surface area (Å²) < 4.78 is 106. The number of hydrogen-bond acceptors (Lipinski definition) is 6. The summed E-state index contributed by atoms with van der Waals surface area (Å²) in [5, 5.41) is 21.9. The van der Waals surface area contributed by atoms with Gasteiger partial charge in [-0.25, -0.2) is 9.37 Å². The van der Waals surface area contributed by atoms with Crippen molar-refractivity contribution in [2.24, 2.45) is 5.73 Å². The number of aromatic nitrogens is 1. The van der Waals surface area contributed by atoms with Crippen LogP contribution >= 0.6 is 0 Å². The zero-order valence-electron chi connectivity index (χ0n) is 20.6. The number of amides is 2. The Bertz CT molecular complexity index is 1490. The van der Waals surface area contributed by atoms with Crippen molar-refractivity contribution >= 4 is 11.8 Å². The molecule has 0 spiro atoms. The smallest absolute Gasteiger partial charge is 0.423 e. The first-order valence-electron chi connectivity index (χ1n) is 11.6. The van der Waals surface area contributed by atoms with E-state index in [1.807, 2.05) is 0 Å². The predicted molar refractivity (Wildman–Crippen MR) is 127 cm³/mol. The Morgan fingerprint density at radius 1 is 1.05 bits per heavy atom. The molecule has 0 saturated carbocycles. The summed E-state index contributed by atoms with van der Waals surface area (Å²) in [5.41, 5.74) is -6.21. The highest BCUT2D eigenvalue weighted by molar-refractivity contribution is 5.94. The molecule has 0 saturated heterocycles. The van der Waals surface area contributed by atoms with Crippen molar-refractivity contribution in [1.82, 2.24) is 10.3 Å². The van der Waals surface area contributed by atoms with Gasteiger partial charge < -0.3 is 26.0 Å². The van der Waals surface area contributed by atoms with Crippen molar-refractivity contribution in [3.8, 4) is 17.0 Å². The van der Waals surface area contributed by atoms with E-state index in [0.29, 0.717) is 6.07 Å². The van der Waals surface area contributed by atoms with E-state index in [1.165, 1.54) is 12.1 Å². The molecule has 1 aliphatic heterocycles. The minimum atomic E-state index is -5.59. The molecule has 41 heavy (non-hydrogen) atoms. The third kappa shape index (κ3) is 5.17. The van der Waals surface area contributed by atoms with Crippen LogP contribution in [-0.2, 0) is 22.4 Å². The molecule has 0 bridgehead atoms. The van der Waals surface area contributed by atoms with Crippen molar-refractivity contribution in [1.29, 1.82) is 0 Å². The lowest BCUT2D eigenvalue weighted by molar-refractivity contribution is -0.267. The summed E-state index contributed by atoms with van der Waals surface area (Å²) in [4.78, 5) is 27.6. The fourth-order valence-electron chi connectivity index (χ4n) is 4.48. The van der Waals surface area contributed by atoms with E-state index in [-0.39, 0.29) is 5.56 Å². The number of hydrogen-bond donors (Lipinski definition) is 4. The van der Waals surface area contributed by atoms with Gasteiger partial charge in [-0.15, -0.1) is 0 Å². The van der Waals surface area contributed by atoms with E-state index in [9.17, 15) is 45.4 Å². The van der Waals surface area contributed by atoms with E-state index in [2.05, 4.69) is 4.98 Å². The molecule has 8 nitrogen and oxygen atoms in total. The number of aliphatic hydroxyl groups is 2. The average Bonchev–Trinajstić information content (AvgIpc) is 3.27. The van der Waals surface area contributed by atoms with Crippen LogP contribution in [0.25, 0.3) is 11.3 Å². The number of rotatable bonds is 7. The molecule has 2 heterocycles. The Labute approximate surface area is 226 Å². The van der Waals surface area contributed by atoms with Gasteiger partial charge >= 0.3 is 12.4 Å². The first-order chi connectivity index (χ1) is 19.0. The van der Waals surface area contributed by atoms with Gasteiger partial charge in [0.15, 0.2) is 11.3 Å². The number of nitrogens with zero attached hydrogens (tertiary/aromatic N) is 1. The lowest BCUT2D eigenvalue weighted by atomic mass is 9.83. The Kier molecular flexibility index (Phi) is 7.47. The van der Waals surface area contributed by atoms with E-state index in [1.54, 1.807) is 5.32 Å². The summed E-state index contributed by atoms with van der Waals surface area (Å²) in [6, 6.07) is 8.78. The van der Waals surface area contributed by atoms with Gasteiger partial charge in [-0.3, -0.25) is 9.59 Å². The minimum Gasteiger partial charge on any atom is -0.488 e. The Hall–Kier alpha value is -4.24. The van der Waals surface area contributed by atoms with Crippen LogP contribution in [-0.4, -0.2) is 52.6 Å². The molecule has 1 aromatic heterocycles. The summed E-state index contributed by atoms with van der Waals surface area (Å²) in [5.74, 6) is -4.13. The minimum absolute atomic E-state index is 0.182. The second-order valence-electron chi connectivity index (χ2n) is 9.19. The summed E-state index contributed by atoms with van der Waals surface area (Å²) in [7, 11) is 0. The van der Waals surface area contributed by atoms with Gasteiger partial charge in [0.2, 0.25) is 17.4 Å². The zero-order valence-corrected chi connectivity index (χ0v) is 20.6. The topological polar surface area (TPSA) is 135 Å². The van der Waals surface area contributed by atoms with E-state index in [0.717, 1.165) is 36.4 Å². The molecule has 3 aromatic rings. The number of pyridine rings is 1. The second kappa shape index (κ2) is 10.3. The SMILES string of the molecule is NC(=O)c1ccccc1C[C@](O)(c1cc2c(c(-c3ccc(F)cc3)n1)OC[C@@]2(NC(=O)CO)C(F)(F)F)C(F)(F)F. The molecule has 15 heteroatoms. The fourth-order valence-corrected chi connectivity index (χ4v) is 4.48. The van der Waals surface area contributed by atoms with Crippen LogP contribution in [0.4, 0.5) is 30.7 Å². The van der Waals surface area contributed by atoms with Crippen LogP contribution in [0, 0.1) is 5.82 Å². The highest BCUT2D eigenvalue weighted by Crippen LogP contribution is 2.52. The zero-order chi connectivity index (χ0) is 30.4. The summed E-state index contributed by atoms with van der Waals surface area (Å²) >= 11 is 0. The molecule has 0 radical (unpaired) electrons. The second-order valence-corrected chi connectivity index (χ2v) is 9.19.